The number of hydrogen-bond donors (Lipinski definition) is 0. The fourth-order valence-corrected chi connectivity index (χ4v) is 9.20. The average Bonchev–Trinajstić information content (AvgIpc) is 3.74. The second kappa shape index (κ2) is 6.08. The first kappa shape index (κ1) is 19.8. The summed E-state index contributed by atoms with van der Waals surface area (Å²) in [5, 5.41) is 7.93. The van der Waals surface area contributed by atoms with Crippen molar-refractivity contribution in [3.05, 3.63) is 141 Å². The van der Waals surface area contributed by atoms with Gasteiger partial charge in [-0.3, -0.25) is 9.13 Å². The molecule has 4 heteroatoms. The lowest BCUT2D eigenvalue weighted by Gasteiger charge is -2.60. The molecular weight excluding hydrogens is 500 g/mol. The molecule has 6 aromatic rings. The Balaban J connectivity index is 1.41. The minimum absolute atomic E-state index is 0.129. The molecule has 0 amide bonds. The van der Waals surface area contributed by atoms with Gasteiger partial charge >= 0.3 is 0 Å². The quantitative estimate of drug-likeness (QED) is 0.242. The van der Waals surface area contributed by atoms with Crippen LogP contribution in [0.4, 0.5) is 0 Å². The molecule has 8 heterocycles. The maximum atomic E-state index is 2.74. The summed E-state index contributed by atoms with van der Waals surface area (Å²) in [7, 11) is 0. The Kier molecular flexibility index (Phi) is 2.93. The Morgan fingerprint density at radius 3 is 1.41 bits per heavy atom. The van der Waals surface area contributed by atoms with E-state index in [0.717, 1.165) is 0 Å². The van der Waals surface area contributed by atoms with Gasteiger partial charge < -0.3 is 9.80 Å². The van der Waals surface area contributed by atoms with E-state index in [1.807, 2.05) is 0 Å². The monoisotopic (exact) mass is 522 g/mol. The molecule has 190 valence electrons. The second-order valence-electron chi connectivity index (χ2n) is 12.1. The van der Waals surface area contributed by atoms with Crippen LogP contribution in [-0.2, 0) is 5.91 Å². The smallest absolute Gasteiger partial charge is 0.288 e. The first-order valence-corrected chi connectivity index (χ1v) is 14.5. The van der Waals surface area contributed by atoms with Gasteiger partial charge in [0.15, 0.2) is 0 Å². The van der Waals surface area contributed by atoms with Crippen LogP contribution in [0.15, 0.2) is 97.1 Å². The van der Waals surface area contributed by atoms with Crippen LogP contribution in [0.1, 0.15) is 45.7 Å². The number of nitrogens with zero attached hydrogens (tertiary/aromatic N) is 4. The number of hydrogen-bond acceptors (Lipinski definition) is 2. The van der Waals surface area contributed by atoms with Gasteiger partial charge in [0.25, 0.3) is 5.91 Å². The van der Waals surface area contributed by atoms with Gasteiger partial charge in [-0.2, -0.15) is 0 Å². The first-order valence-electron chi connectivity index (χ1n) is 14.5. The largest absolute Gasteiger partial charge is 0.302 e. The van der Waals surface area contributed by atoms with E-state index in [0.29, 0.717) is 0 Å². The fraction of sp³-hybridized carbons (Fsp3) is 0.0811. The van der Waals surface area contributed by atoms with Crippen LogP contribution in [0.25, 0.3) is 57.2 Å². The van der Waals surface area contributed by atoms with Crippen molar-refractivity contribution in [2.75, 3.05) is 0 Å². The third-order valence-corrected chi connectivity index (χ3v) is 10.5. The number of fused-ring (bicyclic) bond motifs is 12. The minimum atomic E-state index is -0.599. The second-order valence-corrected chi connectivity index (χ2v) is 12.1. The van der Waals surface area contributed by atoms with Crippen molar-refractivity contribution in [3.63, 3.8) is 0 Å². The summed E-state index contributed by atoms with van der Waals surface area (Å²) >= 11 is 0. The van der Waals surface area contributed by atoms with Gasteiger partial charge in [-0.1, -0.05) is 97.1 Å². The summed E-state index contributed by atoms with van der Waals surface area (Å²) < 4.78 is 5.35. The van der Waals surface area contributed by atoms with E-state index < -0.39 is 5.91 Å². The predicted octanol–water partition coefficient (Wildman–Crippen LogP) is 6.04. The molecule has 0 saturated carbocycles. The molecular formula is C37H22N4. The molecule has 2 unspecified atom stereocenters. The molecule has 4 nitrogen and oxygen atoms in total. The summed E-state index contributed by atoms with van der Waals surface area (Å²) in [6.45, 7) is 0. The maximum Gasteiger partial charge on any atom is 0.288 e. The van der Waals surface area contributed by atoms with Gasteiger partial charge in [0, 0.05) is 32.7 Å². The van der Waals surface area contributed by atoms with Crippen molar-refractivity contribution < 1.29 is 0 Å². The molecule has 2 aromatic heterocycles. The summed E-state index contributed by atoms with van der Waals surface area (Å²) in [4.78, 5) is 5.47. The Morgan fingerprint density at radius 2 is 0.902 bits per heavy atom. The topological polar surface area (TPSA) is 16.3 Å². The van der Waals surface area contributed by atoms with Crippen LogP contribution in [0.3, 0.4) is 0 Å². The zero-order chi connectivity index (χ0) is 26.2. The molecule has 1 spiro atoms. The highest BCUT2D eigenvalue weighted by Gasteiger charge is 2.64. The van der Waals surface area contributed by atoms with E-state index in [1.165, 1.54) is 77.3 Å². The van der Waals surface area contributed by atoms with Gasteiger partial charge in [0.1, 0.15) is 0 Å². The van der Waals surface area contributed by atoms with Crippen LogP contribution in [0.2, 0.25) is 0 Å². The van der Waals surface area contributed by atoms with E-state index in [4.69, 9.17) is 0 Å². The zero-order valence-corrected chi connectivity index (χ0v) is 22.0. The third kappa shape index (κ3) is 1.83. The summed E-state index contributed by atoms with van der Waals surface area (Å²) in [6, 6.07) is 36.4. The van der Waals surface area contributed by atoms with Crippen molar-refractivity contribution in [2.24, 2.45) is 0 Å². The minimum Gasteiger partial charge on any atom is -0.302 e. The van der Waals surface area contributed by atoms with Gasteiger partial charge in [0.05, 0.1) is 45.6 Å². The SMILES string of the molecule is C1=C2c3ccccc3C3C=c4c5ccccc5c5n4C4(N23)N2C(=Cc3c6ccccc6c1n34)c1ccccc1C2C=5. The number of rotatable bonds is 0. The summed E-state index contributed by atoms with van der Waals surface area (Å²) in [5.41, 5.74) is 10.7. The standard InChI is InChI=1S/C37H22N4/c1-2-10-22-21(9-1)29-17-31-23-11-3-4-12-24(23)33-19-35-27-15-7-8-16-28(27)36-20-34-26-14-6-5-13-25(26)32-18-30(22)38(29)37(39(31)33,40(32)34)41(35)36/h1-20,29,35H. The van der Waals surface area contributed by atoms with E-state index >= 15 is 0 Å². The molecule has 2 atom stereocenters. The highest BCUT2D eigenvalue weighted by molar-refractivity contribution is 6.05. The molecule has 6 aliphatic rings. The summed E-state index contributed by atoms with van der Waals surface area (Å²) in [6.07, 6.45) is 9.99. The zero-order valence-electron chi connectivity index (χ0n) is 22.0. The molecule has 4 aromatic carbocycles. The van der Waals surface area contributed by atoms with Crippen LogP contribution < -0.4 is 10.7 Å². The molecule has 0 N–H and O–H groups in total. The highest BCUT2D eigenvalue weighted by Crippen LogP contribution is 2.63. The highest BCUT2D eigenvalue weighted by atomic mass is 15.7. The molecule has 0 fully saturated rings. The Morgan fingerprint density at radius 1 is 0.463 bits per heavy atom. The Bertz CT molecular complexity index is 2300. The summed E-state index contributed by atoms with van der Waals surface area (Å²) in [5.74, 6) is -0.599. The normalized spacial score (nSPS) is 24.3. The molecule has 6 aliphatic heterocycles. The van der Waals surface area contributed by atoms with Crippen LogP contribution in [-0.4, -0.2) is 18.9 Å². The predicted molar refractivity (Wildman–Crippen MR) is 163 cm³/mol. The Labute approximate surface area is 235 Å². The van der Waals surface area contributed by atoms with Crippen LogP contribution in [0.5, 0.6) is 0 Å². The fourth-order valence-electron chi connectivity index (χ4n) is 9.20. The molecule has 0 aliphatic carbocycles. The number of aromatic nitrogens is 2. The van der Waals surface area contributed by atoms with E-state index in [-0.39, 0.29) is 12.1 Å². The van der Waals surface area contributed by atoms with E-state index in [2.05, 4.69) is 140 Å². The molecule has 0 radical (unpaired) electrons. The van der Waals surface area contributed by atoms with Crippen molar-refractivity contribution >= 4 is 57.2 Å². The molecule has 12 rings (SSSR count). The number of benzene rings is 4. The van der Waals surface area contributed by atoms with Gasteiger partial charge in [-0.25, -0.2) is 0 Å². The molecule has 0 bridgehead atoms. The maximum absolute atomic E-state index is 2.74. The van der Waals surface area contributed by atoms with Crippen molar-refractivity contribution in [1.29, 1.82) is 0 Å². The van der Waals surface area contributed by atoms with E-state index in [1.54, 1.807) is 0 Å². The lowest BCUT2D eigenvalue weighted by atomic mass is 10.0. The van der Waals surface area contributed by atoms with Gasteiger partial charge in [-0.15, -0.1) is 0 Å². The van der Waals surface area contributed by atoms with Crippen LogP contribution in [0, 0.1) is 0 Å². The van der Waals surface area contributed by atoms with Crippen molar-refractivity contribution in [2.45, 2.75) is 18.0 Å². The lowest BCUT2D eigenvalue weighted by Crippen LogP contribution is -2.73. The average molecular weight is 523 g/mol. The van der Waals surface area contributed by atoms with Crippen molar-refractivity contribution in [1.82, 2.24) is 18.9 Å². The third-order valence-electron chi connectivity index (χ3n) is 10.5. The van der Waals surface area contributed by atoms with E-state index in [9.17, 15) is 0 Å². The van der Waals surface area contributed by atoms with Crippen LogP contribution >= 0.6 is 0 Å². The Hall–Kier alpha value is -5.22. The lowest BCUT2D eigenvalue weighted by molar-refractivity contribution is -0.117. The molecule has 0 saturated heterocycles. The van der Waals surface area contributed by atoms with Gasteiger partial charge in [-0.05, 0) is 35.4 Å². The van der Waals surface area contributed by atoms with Crippen molar-refractivity contribution in [3.8, 4) is 0 Å². The molecule has 41 heavy (non-hydrogen) atoms. The van der Waals surface area contributed by atoms with Gasteiger partial charge in [0.2, 0.25) is 0 Å². The first-order chi connectivity index (χ1) is 20.4.